The standard InChI is InChI=1S/C15H12O/c1-10(16)15-13-8-4-2-6-11(13)12-7-3-5-9-14(12)15/h2-9,15H,1H3. The second-order valence-electron chi connectivity index (χ2n) is 4.22. The van der Waals surface area contributed by atoms with E-state index in [9.17, 15) is 4.79 Å². The monoisotopic (exact) mass is 208 g/mol. The molecule has 1 aliphatic rings. The largest absolute Gasteiger partial charge is 0.299 e. The van der Waals surface area contributed by atoms with Crippen LogP contribution in [0.1, 0.15) is 24.0 Å². The van der Waals surface area contributed by atoms with Gasteiger partial charge in [0.05, 0.1) is 5.92 Å². The van der Waals surface area contributed by atoms with Crippen molar-refractivity contribution in [3.63, 3.8) is 0 Å². The number of carbonyl (C=O) groups is 1. The summed E-state index contributed by atoms with van der Waals surface area (Å²) in [4.78, 5) is 11.8. The van der Waals surface area contributed by atoms with E-state index in [4.69, 9.17) is 0 Å². The van der Waals surface area contributed by atoms with E-state index in [1.54, 1.807) is 6.92 Å². The number of hydrogen-bond donors (Lipinski definition) is 0. The number of rotatable bonds is 1. The van der Waals surface area contributed by atoms with Crippen LogP contribution in [0.5, 0.6) is 0 Å². The van der Waals surface area contributed by atoms with Crippen LogP contribution in [0.15, 0.2) is 48.5 Å². The van der Waals surface area contributed by atoms with Crippen LogP contribution in [0.3, 0.4) is 0 Å². The van der Waals surface area contributed by atoms with Gasteiger partial charge in [0.2, 0.25) is 0 Å². The van der Waals surface area contributed by atoms with Crippen molar-refractivity contribution in [2.45, 2.75) is 12.8 Å². The third-order valence-electron chi connectivity index (χ3n) is 3.24. The third kappa shape index (κ3) is 1.15. The van der Waals surface area contributed by atoms with Gasteiger partial charge in [-0.3, -0.25) is 4.79 Å². The first kappa shape index (κ1) is 9.34. The van der Waals surface area contributed by atoms with Gasteiger partial charge in [0.1, 0.15) is 5.78 Å². The molecular weight excluding hydrogens is 196 g/mol. The molecule has 0 saturated carbocycles. The first-order chi connectivity index (χ1) is 7.79. The molecule has 0 unspecified atom stereocenters. The summed E-state index contributed by atoms with van der Waals surface area (Å²) in [7, 11) is 0. The lowest BCUT2D eigenvalue weighted by Gasteiger charge is -2.08. The lowest BCUT2D eigenvalue weighted by Crippen LogP contribution is -2.06. The molecule has 0 aromatic heterocycles. The molecule has 0 atom stereocenters. The Morgan fingerprint density at radius 2 is 1.31 bits per heavy atom. The van der Waals surface area contributed by atoms with E-state index in [2.05, 4.69) is 24.3 Å². The quantitative estimate of drug-likeness (QED) is 0.702. The number of carbonyl (C=O) groups excluding carboxylic acids is 1. The lowest BCUT2D eigenvalue weighted by molar-refractivity contribution is -0.117. The summed E-state index contributed by atoms with van der Waals surface area (Å²) in [6.45, 7) is 1.67. The molecule has 0 bridgehead atoms. The molecule has 0 radical (unpaired) electrons. The van der Waals surface area contributed by atoms with Gasteiger partial charge in [-0.1, -0.05) is 48.5 Å². The van der Waals surface area contributed by atoms with Crippen LogP contribution in [0, 0.1) is 0 Å². The van der Waals surface area contributed by atoms with Crippen molar-refractivity contribution >= 4 is 5.78 Å². The minimum Gasteiger partial charge on any atom is -0.299 e. The zero-order chi connectivity index (χ0) is 11.1. The number of ketones is 1. The highest BCUT2D eigenvalue weighted by Crippen LogP contribution is 2.44. The van der Waals surface area contributed by atoms with Crippen LogP contribution < -0.4 is 0 Å². The SMILES string of the molecule is CC(=O)C1c2ccccc2-c2ccccc21. The summed E-state index contributed by atoms with van der Waals surface area (Å²) in [5, 5.41) is 0. The van der Waals surface area contributed by atoms with Gasteiger partial charge in [-0.15, -0.1) is 0 Å². The third-order valence-corrected chi connectivity index (χ3v) is 3.24. The molecule has 3 rings (SSSR count). The summed E-state index contributed by atoms with van der Waals surface area (Å²) in [6, 6.07) is 16.4. The van der Waals surface area contributed by atoms with Gasteiger partial charge in [0, 0.05) is 0 Å². The molecule has 1 heteroatoms. The van der Waals surface area contributed by atoms with Crippen LogP contribution in [-0.4, -0.2) is 5.78 Å². The van der Waals surface area contributed by atoms with Crippen LogP contribution >= 0.6 is 0 Å². The highest BCUT2D eigenvalue weighted by molar-refractivity contribution is 5.96. The molecule has 1 nitrogen and oxygen atoms in total. The summed E-state index contributed by atoms with van der Waals surface area (Å²) < 4.78 is 0. The first-order valence-electron chi connectivity index (χ1n) is 5.47. The molecule has 0 aliphatic heterocycles. The van der Waals surface area contributed by atoms with E-state index in [0.717, 1.165) is 11.1 Å². The number of fused-ring (bicyclic) bond motifs is 3. The van der Waals surface area contributed by atoms with E-state index < -0.39 is 0 Å². The molecule has 0 amide bonds. The van der Waals surface area contributed by atoms with E-state index in [0.29, 0.717) is 0 Å². The highest BCUT2D eigenvalue weighted by atomic mass is 16.1. The maximum Gasteiger partial charge on any atom is 0.141 e. The second kappa shape index (κ2) is 3.31. The van der Waals surface area contributed by atoms with Crippen LogP contribution in [0.4, 0.5) is 0 Å². The molecule has 78 valence electrons. The average Bonchev–Trinajstić information content (AvgIpc) is 2.63. The molecule has 1 aliphatic carbocycles. The minimum atomic E-state index is -0.0626. The van der Waals surface area contributed by atoms with Gasteiger partial charge < -0.3 is 0 Å². The summed E-state index contributed by atoms with van der Waals surface area (Å²) in [6.07, 6.45) is 0. The molecule has 0 saturated heterocycles. The van der Waals surface area contributed by atoms with Gasteiger partial charge in [-0.05, 0) is 29.2 Å². The Bertz CT molecular complexity index is 524. The van der Waals surface area contributed by atoms with Crippen molar-refractivity contribution in [3.8, 4) is 11.1 Å². The molecule has 16 heavy (non-hydrogen) atoms. The van der Waals surface area contributed by atoms with Crippen LogP contribution in [0.25, 0.3) is 11.1 Å². The lowest BCUT2D eigenvalue weighted by atomic mass is 9.93. The summed E-state index contributed by atoms with van der Waals surface area (Å²) in [5.41, 5.74) is 4.71. The normalized spacial score (nSPS) is 13.3. The van der Waals surface area contributed by atoms with Gasteiger partial charge in [-0.2, -0.15) is 0 Å². The Balaban J connectivity index is 2.34. The zero-order valence-corrected chi connectivity index (χ0v) is 9.10. The number of hydrogen-bond acceptors (Lipinski definition) is 1. The fraction of sp³-hybridized carbons (Fsp3) is 0.133. The van der Waals surface area contributed by atoms with Crippen molar-refractivity contribution in [1.82, 2.24) is 0 Å². The fourth-order valence-corrected chi connectivity index (χ4v) is 2.59. The fourth-order valence-electron chi connectivity index (χ4n) is 2.59. The van der Waals surface area contributed by atoms with E-state index in [1.165, 1.54) is 11.1 Å². The predicted molar refractivity (Wildman–Crippen MR) is 64.4 cm³/mol. The molecule has 0 heterocycles. The molecule has 0 fully saturated rings. The molecule has 2 aromatic carbocycles. The summed E-state index contributed by atoms with van der Waals surface area (Å²) >= 11 is 0. The van der Waals surface area contributed by atoms with E-state index >= 15 is 0 Å². The molecule has 2 aromatic rings. The Kier molecular flexibility index (Phi) is 1.93. The Morgan fingerprint density at radius 1 is 0.875 bits per heavy atom. The van der Waals surface area contributed by atoms with Crippen LogP contribution in [0.2, 0.25) is 0 Å². The maximum atomic E-state index is 11.8. The second-order valence-corrected chi connectivity index (χ2v) is 4.22. The van der Waals surface area contributed by atoms with Crippen molar-refractivity contribution in [2.75, 3.05) is 0 Å². The summed E-state index contributed by atoms with van der Waals surface area (Å²) in [5.74, 6) is 0.157. The number of Topliss-reactive ketones (excluding diaryl/α,β-unsaturated/α-hetero) is 1. The predicted octanol–water partition coefficient (Wildman–Crippen LogP) is 3.39. The van der Waals surface area contributed by atoms with Gasteiger partial charge in [0.15, 0.2) is 0 Å². The Morgan fingerprint density at radius 3 is 1.75 bits per heavy atom. The zero-order valence-electron chi connectivity index (χ0n) is 9.10. The van der Waals surface area contributed by atoms with Crippen molar-refractivity contribution in [2.24, 2.45) is 0 Å². The van der Waals surface area contributed by atoms with Gasteiger partial charge >= 0.3 is 0 Å². The van der Waals surface area contributed by atoms with Crippen molar-refractivity contribution < 1.29 is 4.79 Å². The van der Waals surface area contributed by atoms with Crippen molar-refractivity contribution in [1.29, 1.82) is 0 Å². The minimum absolute atomic E-state index is 0.0626. The highest BCUT2D eigenvalue weighted by Gasteiger charge is 2.30. The smallest absolute Gasteiger partial charge is 0.141 e. The van der Waals surface area contributed by atoms with E-state index in [1.807, 2.05) is 24.3 Å². The Hall–Kier alpha value is -1.89. The van der Waals surface area contributed by atoms with Gasteiger partial charge in [-0.25, -0.2) is 0 Å². The topological polar surface area (TPSA) is 17.1 Å². The maximum absolute atomic E-state index is 11.8. The molecule has 0 N–H and O–H groups in total. The first-order valence-corrected chi connectivity index (χ1v) is 5.47. The Labute approximate surface area is 94.7 Å². The van der Waals surface area contributed by atoms with Crippen molar-refractivity contribution in [3.05, 3.63) is 59.7 Å². The van der Waals surface area contributed by atoms with E-state index in [-0.39, 0.29) is 11.7 Å². The molecular formula is C15H12O. The van der Waals surface area contributed by atoms with Crippen LogP contribution in [-0.2, 0) is 4.79 Å². The molecule has 0 spiro atoms. The van der Waals surface area contributed by atoms with Gasteiger partial charge in [0.25, 0.3) is 0 Å². The number of benzene rings is 2. The average molecular weight is 208 g/mol.